The molecule has 0 atom stereocenters. The Balaban J connectivity index is 1.90. The van der Waals surface area contributed by atoms with Crippen LogP contribution in [0.15, 0.2) is 42.5 Å². The maximum atomic E-state index is 11.8. The molecule has 0 aromatic heterocycles. The van der Waals surface area contributed by atoms with Crippen molar-refractivity contribution in [2.75, 3.05) is 13.7 Å². The molecular weight excluding hydrogens is 302 g/mol. The molecule has 0 spiro atoms. The second kappa shape index (κ2) is 7.71. The van der Waals surface area contributed by atoms with Gasteiger partial charge in [0, 0.05) is 17.1 Å². The van der Waals surface area contributed by atoms with Crippen LogP contribution in [0.4, 0.5) is 0 Å². The lowest BCUT2D eigenvalue weighted by Crippen LogP contribution is -2.28. The Hall–Kier alpha value is -2.20. The van der Waals surface area contributed by atoms with Crippen LogP contribution in [0.1, 0.15) is 11.1 Å². The van der Waals surface area contributed by atoms with Crippen molar-refractivity contribution < 1.29 is 14.3 Å². The highest BCUT2D eigenvalue weighted by atomic mass is 35.5. The molecule has 0 saturated carbocycles. The van der Waals surface area contributed by atoms with Gasteiger partial charge in [0.1, 0.15) is 11.5 Å². The van der Waals surface area contributed by atoms with Gasteiger partial charge in [0.25, 0.3) is 5.91 Å². The summed E-state index contributed by atoms with van der Waals surface area (Å²) in [6.07, 6.45) is 0. The van der Waals surface area contributed by atoms with Gasteiger partial charge in [-0.05, 0) is 36.8 Å². The Labute approximate surface area is 135 Å². The van der Waals surface area contributed by atoms with E-state index >= 15 is 0 Å². The lowest BCUT2D eigenvalue weighted by Gasteiger charge is -2.12. The van der Waals surface area contributed by atoms with E-state index in [4.69, 9.17) is 21.1 Å². The SMILES string of the molecule is COc1cc(C)c(Cl)cc1CNC(=O)COc1ccccc1. The Morgan fingerprint density at radius 3 is 2.64 bits per heavy atom. The molecule has 0 radical (unpaired) electrons. The number of carbonyl (C=O) groups excluding carboxylic acids is 1. The minimum atomic E-state index is -0.206. The fourth-order valence-corrected chi connectivity index (χ4v) is 2.12. The Morgan fingerprint density at radius 1 is 1.23 bits per heavy atom. The first-order valence-electron chi connectivity index (χ1n) is 6.87. The van der Waals surface area contributed by atoms with Crippen LogP contribution >= 0.6 is 11.6 Å². The summed E-state index contributed by atoms with van der Waals surface area (Å²) in [5, 5.41) is 3.43. The Bertz CT molecular complexity index is 644. The van der Waals surface area contributed by atoms with Crippen molar-refractivity contribution in [2.24, 2.45) is 0 Å². The van der Waals surface area contributed by atoms with Crippen LogP contribution in [0.5, 0.6) is 11.5 Å². The second-order valence-electron chi connectivity index (χ2n) is 4.79. The van der Waals surface area contributed by atoms with Gasteiger partial charge in [0.05, 0.1) is 7.11 Å². The maximum absolute atomic E-state index is 11.8. The highest BCUT2D eigenvalue weighted by molar-refractivity contribution is 6.31. The quantitative estimate of drug-likeness (QED) is 0.888. The van der Waals surface area contributed by atoms with Crippen LogP contribution in [-0.2, 0) is 11.3 Å². The van der Waals surface area contributed by atoms with Crippen LogP contribution in [0, 0.1) is 6.92 Å². The van der Waals surface area contributed by atoms with E-state index in [1.54, 1.807) is 25.3 Å². The average Bonchev–Trinajstić information content (AvgIpc) is 2.54. The smallest absolute Gasteiger partial charge is 0.258 e. The molecule has 116 valence electrons. The molecule has 0 fully saturated rings. The summed E-state index contributed by atoms with van der Waals surface area (Å²) >= 11 is 6.11. The molecule has 0 aliphatic carbocycles. The van der Waals surface area contributed by atoms with Gasteiger partial charge in [-0.2, -0.15) is 0 Å². The molecule has 0 heterocycles. The third-order valence-corrected chi connectivity index (χ3v) is 3.56. The minimum absolute atomic E-state index is 0.0358. The van der Waals surface area contributed by atoms with E-state index in [1.807, 2.05) is 31.2 Å². The number of rotatable bonds is 6. The molecule has 22 heavy (non-hydrogen) atoms. The van der Waals surface area contributed by atoms with E-state index in [2.05, 4.69) is 5.32 Å². The number of nitrogens with one attached hydrogen (secondary N) is 1. The number of methoxy groups -OCH3 is 1. The average molecular weight is 320 g/mol. The zero-order valence-corrected chi connectivity index (χ0v) is 13.3. The van der Waals surface area contributed by atoms with Gasteiger partial charge >= 0.3 is 0 Å². The predicted molar refractivity (Wildman–Crippen MR) is 86.5 cm³/mol. The molecular formula is C17H18ClNO3. The fourth-order valence-electron chi connectivity index (χ4n) is 1.93. The Kier molecular flexibility index (Phi) is 5.67. The summed E-state index contributed by atoms with van der Waals surface area (Å²) in [5.41, 5.74) is 1.76. The summed E-state index contributed by atoms with van der Waals surface area (Å²) in [6, 6.07) is 12.9. The lowest BCUT2D eigenvalue weighted by atomic mass is 10.1. The third kappa shape index (κ3) is 4.40. The first kappa shape index (κ1) is 16.2. The molecule has 2 aromatic rings. The number of aryl methyl sites for hydroxylation is 1. The summed E-state index contributed by atoms with van der Waals surface area (Å²) in [5.74, 6) is 1.15. The zero-order valence-electron chi connectivity index (χ0n) is 12.6. The first-order chi connectivity index (χ1) is 10.6. The highest BCUT2D eigenvalue weighted by Crippen LogP contribution is 2.26. The molecule has 0 saturated heterocycles. The molecule has 0 aliphatic rings. The van der Waals surface area contributed by atoms with Crippen molar-refractivity contribution >= 4 is 17.5 Å². The van der Waals surface area contributed by atoms with Gasteiger partial charge in [-0.3, -0.25) is 4.79 Å². The van der Waals surface area contributed by atoms with Crippen LogP contribution in [0.2, 0.25) is 5.02 Å². The second-order valence-corrected chi connectivity index (χ2v) is 5.20. The van der Waals surface area contributed by atoms with E-state index < -0.39 is 0 Å². The first-order valence-corrected chi connectivity index (χ1v) is 7.25. The van der Waals surface area contributed by atoms with Crippen LogP contribution in [0.3, 0.4) is 0 Å². The molecule has 0 aliphatic heterocycles. The maximum Gasteiger partial charge on any atom is 0.258 e. The van der Waals surface area contributed by atoms with Crippen molar-refractivity contribution in [1.29, 1.82) is 0 Å². The van der Waals surface area contributed by atoms with Gasteiger partial charge in [-0.25, -0.2) is 0 Å². The van der Waals surface area contributed by atoms with Crippen LogP contribution in [-0.4, -0.2) is 19.6 Å². The zero-order chi connectivity index (χ0) is 15.9. The third-order valence-electron chi connectivity index (χ3n) is 3.15. The molecule has 4 nitrogen and oxygen atoms in total. The largest absolute Gasteiger partial charge is 0.496 e. The van der Waals surface area contributed by atoms with Gasteiger partial charge in [-0.1, -0.05) is 29.8 Å². The van der Waals surface area contributed by atoms with Gasteiger partial charge in [0.15, 0.2) is 6.61 Å². The summed E-state index contributed by atoms with van der Waals surface area (Å²) in [7, 11) is 1.59. The number of hydrogen-bond donors (Lipinski definition) is 1. The predicted octanol–water partition coefficient (Wildman–Crippen LogP) is 3.35. The normalized spacial score (nSPS) is 10.1. The number of halogens is 1. The van der Waals surface area contributed by atoms with Crippen molar-refractivity contribution in [3.63, 3.8) is 0 Å². The lowest BCUT2D eigenvalue weighted by molar-refractivity contribution is -0.123. The van der Waals surface area contributed by atoms with E-state index in [-0.39, 0.29) is 12.5 Å². The molecule has 2 aromatic carbocycles. The van der Waals surface area contributed by atoms with Crippen molar-refractivity contribution in [3.05, 3.63) is 58.6 Å². The summed E-state index contributed by atoms with van der Waals surface area (Å²) < 4.78 is 10.7. The number of ether oxygens (including phenoxy) is 2. The summed E-state index contributed by atoms with van der Waals surface area (Å²) in [6.45, 7) is 2.20. The van der Waals surface area contributed by atoms with Crippen LogP contribution in [0.25, 0.3) is 0 Å². The molecule has 5 heteroatoms. The molecule has 2 rings (SSSR count). The van der Waals surface area contributed by atoms with E-state index in [9.17, 15) is 4.79 Å². The van der Waals surface area contributed by atoms with Gasteiger partial charge in [0.2, 0.25) is 0 Å². The number of hydrogen-bond acceptors (Lipinski definition) is 3. The van der Waals surface area contributed by atoms with Crippen molar-refractivity contribution in [3.8, 4) is 11.5 Å². The molecule has 1 amide bonds. The van der Waals surface area contributed by atoms with Crippen molar-refractivity contribution in [2.45, 2.75) is 13.5 Å². The van der Waals surface area contributed by atoms with E-state index in [0.29, 0.717) is 23.1 Å². The van der Waals surface area contributed by atoms with Gasteiger partial charge < -0.3 is 14.8 Å². The summed E-state index contributed by atoms with van der Waals surface area (Å²) in [4.78, 5) is 11.8. The van der Waals surface area contributed by atoms with Crippen LogP contribution < -0.4 is 14.8 Å². The highest BCUT2D eigenvalue weighted by Gasteiger charge is 2.09. The van der Waals surface area contributed by atoms with E-state index in [0.717, 1.165) is 11.1 Å². The monoisotopic (exact) mass is 319 g/mol. The number of para-hydroxylation sites is 1. The fraction of sp³-hybridized carbons (Fsp3) is 0.235. The molecule has 0 bridgehead atoms. The number of benzene rings is 2. The number of carbonyl (C=O) groups is 1. The Morgan fingerprint density at radius 2 is 1.95 bits per heavy atom. The number of amides is 1. The van der Waals surface area contributed by atoms with Crippen molar-refractivity contribution in [1.82, 2.24) is 5.32 Å². The minimum Gasteiger partial charge on any atom is -0.496 e. The molecule has 1 N–H and O–H groups in total. The molecule has 0 unspecified atom stereocenters. The standard InChI is InChI=1S/C17H18ClNO3/c1-12-8-16(21-2)13(9-15(12)18)10-19-17(20)11-22-14-6-4-3-5-7-14/h3-9H,10-11H2,1-2H3,(H,19,20). The topological polar surface area (TPSA) is 47.6 Å². The van der Waals surface area contributed by atoms with Gasteiger partial charge in [-0.15, -0.1) is 0 Å². The van der Waals surface area contributed by atoms with E-state index in [1.165, 1.54) is 0 Å².